The van der Waals surface area contributed by atoms with Crippen molar-refractivity contribution in [2.75, 3.05) is 12.8 Å². The molecule has 2 aliphatic rings. The first-order valence-electron chi connectivity index (χ1n) is 6.53. The first-order valence-corrected chi connectivity index (χ1v) is 7.75. The maximum absolute atomic E-state index is 3.82. The van der Waals surface area contributed by atoms with E-state index in [1.54, 1.807) is 0 Å². The molecular weight excluding hydrogens is 202 g/mol. The average Bonchev–Trinajstić information content (AvgIpc) is 2.17. The first kappa shape index (κ1) is 11.8. The fourth-order valence-electron chi connectivity index (χ4n) is 2.97. The molecule has 2 saturated carbocycles. The Bertz CT molecular complexity index is 195. The van der Waals surface area contributed by atoms with Gasteiger partial charge in [-0.3, -0.25) is 0 Å². The molecule has 2 aliphatic carbocycles. The van der Waals surface area contributed by atoms with Gasteiger partial charge in [-0.05, 0) is 37.9 Å². The third kappa shape index (κ3) is 2.91. The number of hydrogen-bond acceptors (Lipinski definition) is 2. The predicted octanol–water partition coefficient (Wildman–Crippen LogP) is 3.44. The zero-order valence-corrected chi connectivity index (χ0v) is 11.0. The summed E-state index contributed by atoms with van der Waals surface area (Å²) in [7, 11) is 0. The van der Waals surface area contributed by atoms with Gasteiger partial charge < -0.3 is 5.32 Å². The molecule has 0 aromatic heterocycles. The Morgan fingerprint density at radius 1 is 1.27 bits per heavy atom. The molecule has 0 spiro atoms. The first-order chi connectivity index (χ1) is 7.24. The van der Waals surface area contributed by atoms with E-state index in [4.69, 9.17) is 0 Å². The second-order valence-electron chi connectivity index (χ2n) is 5.59. The number of thioether (sulfide) groups is 1. The standard InChI is InChI=1S/C13H25NS/c1-11-5-3-6-12(9-11)14-10-13(15-2)7-4-8-13/h11-12,14H,3-10H2,1-2H3. The van der Waals surface area contributed by atoms with Crippen LogP contribution in [0.4, 0.5) is 0 Å². The lowest BCUT2D eigenvalue weighted by molar-refractivity contribution is 0.269. The van der Waals surface area contributed by atoms with Crippen molar-refractivity contribution in [2.24, 2.45) is 5.92 Å². The minimum atomic E-state index is 0.612. The molecule has 0 heterocycles. The van der Waals surface area contributed by atoms with Crippen LogP contribution in [0.1, 0.15) is 51.9 Å². The third-order valence-corrected chi connectivity index (χ3v) is 5.77. The Kier molecular flexibility index (Phi) is 4.00. The molecule has 0 aromatic carbocycles. The van der Waals surface area contributed by atoms with Gasteiger partial charge in [0.25, 0.3) is 0 Å². The second-order valence-corrected chi connectivity index (χ2v) is 6.86. The zero-order valence-electron chi connectivity index (χ0n) is 10.2. The molecule has 0 saturated heterocycles. The van der Waals surface area contributed by atoms with Gasteiger partial charge in [-0.2, -0.15) is 11.8 Å². The summed E-state index contributed by atoms with van der Waals surface area (Å²) in [6.45, 7) is 3.66. The molecule has 15 heavy (non-hydrogen) atoms. The summed E-state index contributed by atoms with van der Waals surface area (Å²) in [5.41, 5.74) is 0. The van der Waals surface area contributed by atoms with Crippen LogP contribution in [-0.4, -0.2) is 23.6 Å². The monoisotopic (exact) mass is 227 g/mol. The minimum Gasteiger partial charge on any atom is -0.313 e. The summed E-state index contributed by atoms with van der Waals surface area (Å²) < 4.78 is 0.612. The predicted molar refractivity (Wildman–Crippen MR) is 69.5 cm³/mol. The molecule has 1 N–H and O–H groups in total. The molecular formula is C13H25NS. The van der Waals surface area contributed by atoms with Crippen molar-refractivity contribution in [1.82, 2.24) is 5.32 Å². The van der Waals surface area contributed by atoms with Crippen LogP contribution in [0.2, 0.25) is 0 Å². The smallest absolute Gasteiger partial charge is 0.0281 e. The Morgan fingerprint density at radius 3 is 2.60 bits per heavy atom. The summed E-state index contributed by atoms with van der Waals surface area (Å²) in [4.78, 5) is 0. The normalized spacial score (nSPS) is 34.8. The van der Waals surface area contributed by atoms with Crippen molar-refractivity contribution in [2.45, 2.75) is 62.7 Å². The molecule has 2 fully saturated rings. The van der Waals surface area contributed by atoms with Crippen LogP contribution in [0.15, 0.2) is 0 Å². The third-order valence-electron chi connectivity index (χ3n) is 4.35. The van der Waals surface area contributed by atoms with Crippen LogP contribution in [0.25, 0.3) is 0 Å². The van der Waals surface area contributed by atoms with Crippen LogP contribution in [0.5, 0.6) is 0 Å². The topological polar surface area (TPSA) is 12.0 Å². The maximum atomic E-state index is 3.82. The van der Waals surface area contributed by atoms with Crippen LogP contribution in [0, 0.1) is 5.92 Å². The van der Waals surface area contributed by atoms with E-state index in [0.29, 0.717) is 4.75 Å². The molecule has 0 amide bonds. The van der Waals surface area contributed by atoms with Gasteiger partial charge in [-0.15, -0.1) is 0 Å². The lowest BCUT2D eigenvalue weighted by Gasteiger charge is -2.42. The van der Waals surface area contributed by atoms with Gasteiger partial charge in [0.15, 0.2) is 0 Å². The molecule has 0 bridgehead atoms. The fraction of sp³-hybridized carbons (Fsp3) is 1.00. The highest BCUT2D eigenvalue weighted by molar-refractivity contribution is 8.00. The number of hydrogen-bond donors (Lipinski definition) is 1. The fourth-order valence-corrected chi connectivity index (χ4v) is 3.90. The summed E-state index contributed by atoms with van der Waals surface area (Å²) >= 11 is 2.09. The van der Waals surface area contributed by atoms with Gasteiger partial charge in [0, 0.05) is 17.3 Å². The van der Waals surface area contributed by atoms with E-state index in [1.165, 1.54) is 51.5 Å². The molecule has 0 aromatic rings. The van der Waals surface area contributed by atoms with Crippen LogP contribution in [-0.2, 0) is 0 Å². The maximum Gasteiger partial charge on any atom is 0.0281 e. The van der Waals surface area contributed by atoms with E-state index in [2.05, 4.69) is 30.3 Å². The highest BCUT2D eigenvalue weighted by Crippen LogP contribution is 2.42. The summed E-state index contributed by atoms with van der Waals surface area (Å²) in [5, 5.41) is 3.82. The van der Waals surface area contributed by atoms with Gasteiger partial charge >= 0.3 is 0 Å². The lowest BCUT2D eigenvalue weighted by atomic mass is 9.82. The van der Waals surface area contributed by atoms with Crippen molar-refractivity contribution in [1.29, 1.82) is 0 Å². The van der Waals surface area contributed by atoms with E-state index < -0.39 is 0 Å². The van der Waals surface area contributed by atoms with Crippen LogP contribution < -0.4 is 5.32 Å². The molecule has 2 atom stereocenters. The van der Waals surface area contributed by atoms with Crippen LogP contribution >= 0.6 is 11.8 Å². The lowest BCUT2D eigenvalue weighted by Crippen LogP contribution is -2.47. The van der Waals surface area contributed by atoms with Gasteiger partial charge in [0.05, 0.1) is 0 Å². The highest BCUT2D eigenvalue weighted by atomic mass is 32.2. The highest BCUT2D eigenvalue weighted by Gasteiger charge is 2.36. The van der Waals surface area contributed by atoms with Gasteiger partial charge in [0.2, 0.25) is 0 Å². The molecule has 0 aliphatic heterocycles. The molecule has 0 radical (unpaired) electrons. The SMILES string of the molecule is CSC1(CNC2CCCC(C)C2)CCC1. The zero-order chi connectivity index (χ0) is 10.7. The molecule has 2 heteroatoms. The average molecular weight is 227 g/mol. The largest absolute Gasteiger partial charge is 0.313 e. The van der Waals surface area contributed by atoms with Crippen molar-refractivity contribution >= 4 is 11.8 Å². The molecule has 1 nitrogen and oxygen atoms in total. The number of rotatable bonds is 4. The van der Waals surface area contributed by atoms with Gasteiger partial charge in [-0.25, -0.2) is 0 Å². The number of nitrogens with one attached hydrogen (secondary N) is 1. The van der Waals surface area contributed by atoms with Crippen molar-refractivity contribution in [3.8, 4) is 0 Å². The Morgan fingerprint density at radius 2 is 2.07 bits per heavy atom. The van der Waals surface area contributed by atoms with Crippen molar-refractivity contribution in [3.05, 3.63) is 0 Å². The second kappa shape index (κ2) is 5.09. The Labute approximate surface area is 98.8 Å². The van der Waals surface area contributed by atoms with Crippen molar-refractivity contribution in [3.63, 3.8) is 0 Å². The van der Waals surface area contributed by atoms with Gasteiger partial charge in [-0.1, -0.05) is 26.2 Å². The van der Waals surface area contributed by atoms with E-state index >= 15 is 0 Å². The minimum absolute atomic E-state index is 0.612. The Hall–Kier alpha value is 0.310. The van der Waals surface area contributed by atoms with E-state index in [1.807, 2.05) is 0 Å². The summed E-state index contributed by atoms with van der Waals surface area (Å²) in [6.07, 6.45) is 12.3. The molecule has 2 unspecified atom stereocenters. The molecule has 2 rings (SSSR count). The van der Waals surface area contributed by atoms with E-state index in [0.717, 1.165) is 12.0 Å². The molecule has 88 valence electrons. The van der Waals surface area contributed by atoms with Crippen molar-refractivity contribution < 1.29 is 0 Å². The van der Waals surface area contributed by atoms with Crippen LogP contribution in [0.3, 0.4) is 0 Å². The summed E-state index contributed by atoms with van der Waals surface area (Å²) in [6, 6.07) is 0.818. The van der Waals surface area contributed by atoms with E-state index in [-0.39, 0.29) is 0 Å². The Balaban J connectivity index is 1.72. The quantitative estimate of drug-likeness (QED) is 0.789. The summed E-state index contributed by atoms with van der Waals surface area (Å²) in [5.74, 6) is 0.947. The van der Waals surface area contributed by atoms with E-state index in [9.17, 15) is 0 Å². The van der Waals surface area contributed by atoms with Gasteiger partial charge in [0.1, 0.15) is 0 Å².